The first-order valence-corrected chi connectivity index (χ1v) is 7.73. The van der Waals surface area contributed by atoms with E-state index in [0.29, 0.717) is 18.7 Å². The highest BCUT2D eigenvalue weighted by molar-refractivity contribution is 5.89. The van der Waals surface area contributed by atoms with Crippen LogP contribution in [-0.4, -0.2) is 25.9 Å². The normalized spacial score (nSPS) is 25.9. The van der Waals surface area contributed by atoms with Gasteiger partial charge >= 0.3 is 5.97 Å². The van der Waals surface area contributed by atoms with Crippen molar-refractivity contribution in [1.82, 2.24) is 0 Å². The van der Waals surface area contributed by atoms with E-state index in [1.807, 2.05) is 30.3 Å². The molecule has 1 aliphatic carbocycles. The van der Waals surface area contributed by atoms with Crippen LogP contribution in [0.15, 0.2) is 53.8 Å². The first-order chi connectivity index (χ1) is 11.2. The molecule has 1 aliphatic heterocycles. The van der Waals surface area contributed by atoms with Crippen molar-refractivity contribution in [3.63, 3.8) is 0 Å². The van der Waals surface area contributed by atoms with Gasteiger partial charge in [-0.05, 0) is 12.0 Å². The van der Waals surface area contributed by atoms with Gasteiger partial charge in [-0.15, -0.1) is 0 Å². The maximum atomic E-state index is 11.9. The molecule has 0 saturated carbocycles. The number of ether oxygens (including phenoxy) is 3. The van der Waals surface area contributed by atoms with E-state index in [9.17, 15) is 4.79 Å². The molecule has 0 fully saturated rings. The van der Waals surface area contributed by atoms with Crippen LogP contribution in [0.25, 0.3) is 0 Å². The lowest BCUT2D eigenvalue weighted by Crippen LogP contribution is -2.38. The molecule has 0 amide bonds. The molecule has 5 heteroatoms. The minimum Gasteiger partial charge on any atom is -0.471 e. The van der Waals surface area contributed by atoms with Gasteiger partial charge in [0.05, 0.1) is 31.5 Å². The van der Waals surface area contributed by atoms with Crippen molar-refractivity contribution < 1.29 is 19.0 Å². The van der Waals surface area contributed by atoms with Gasteiger partial charge in [0.2, 0.25) is 6.29 Å². The lowest BCUT2D eigenvalue weighted by molar-refractivity contribution is -0.160. The molecular formula is C18H21NO4. The number of hydrogen-bond acceptors (Lipinski definition) is 5. The van der Waals surface area contributed by atoms with Gasteiger partial charge in [-0.2, -0.15) is 0 Å². The summed E-state index contributed by atoms with van der Waals surface area (Å²) in [7, 11) is 1.38. The van der Waals surface area contributed by atoms with Crippen LogP contribution in [0.4, 0.5) is 0 Å². The van der Waals surface area contributed by atoms with Crippen LogP contribution in [0.3, 0.4) is 0 Å². The fourth-order valence-corrected chi connectivity index (χ4v) is 3.25. The SMILES string of the molecule is COC(=O)C1=CO[C@@H](OCc2ccccc2)[C@@H]2C(CN)=CC[C@H]12. The van der Waals surface area contributed by atoms with Gasteiger partial charge < -0.3 is 19.9 Å². The van der Waals surface area contributed by atoms with E-state index in [-0.39, 0.29) is 17.8 Å². The van der Waals surface area contributed by atoms with Crippen molar-refractivity contribution >= 4 is 5.97 Å². The molecule has 0 bridgehead atoms. The van der Waals surface area contributed by atoms with Gasteiger partial charge in [0, 0.05) is 12.5 Å². The van der Waals surface area contributed by atoms with Crippen molar-refractivity contribution in [2.45, 2.75) is 19.3 Å². The highest BCUT2D eigenvalue weighted by atomic mass is 16.7. The number of carbonyl (C=O) groups excluding carboxylic acids is 1. The molecule has 2 N–H and O–H groups in total. The number of hydrogen-bond donors (Lipinski definition) is 1. The molecule has 0 spiro atoms. The van der Waals surface area contributed by atoms with E-state index >= 15 is 0 Å². The molecule has 122 valence electrons. The summed E-state index contributed by atoms with van der Waals surface area (Å²) in [4.78, 5) is 11.9. The zero-order chi connectivity index (χ0) is 16.2. The maximum Gasteiger partial charge on any atom is 0.337 e. The molecular weight excluding hydrogens is 294 g/mol. The van der Waals surface area contributed by atoms with Gasteiger partial charge in [0.15, 0.2) is 0 Å². The summed E-state index contributed by atoms with van der Waals surface area (Å²) < 4.78 is 16.5. The highest BCUT2D eigenvalue weighted by Crippen LogP contribution is 2.43. The summed E-state index contributed by atoms with van der Waals surface area (Å²) >= 11 is 0. The van der Waals surface area contributed by atoms with Crippen LogP contribution < -0.4 is 5.73 Å². The zero-order valence-corrected chi connectivity index (χ0v) is 13.1. The Balaban J connectivity index is 1.76. The first-order valence-electron chi connectivity index (χ1n) is 7.73. The second-order valence-corrected chi connectivity index (χ2v) is 5.72. The Labute approximate surface area is 135 Å². The summed E-state index contributed by atoms with van der Waals surface area (Å²) in [6.07, 6.45) is 3.88. The quantitative estimate of drug-likeness (QED) is 0.666. The second-order valence-electron chi connectivity index (χ2n) is 5.72. The Kier molecular flexibility index (Phi) is 4.79. The third-order valence-electron chi connectivity index (χ3n) is 4.43. The Bertz CT molecular complexity index is 623. The maximum absolute atomic E-state index is 11.9. The Hall–Kier alpha value is -2.11. The predicted octanol–water partition coefficient (Wildman–Crippen LogP) is 2.14. The number of benzene rings is 1. The third-order valence-corrected chi connectivity index (χ3v) is 4.43. The zero-order valence-electron chi connectivity index (χ0n) is 13.1. The largest absolute Gasteiger partial charge is 0.471 e. The van der Waals surface area contributed by atoms with Crippen molar-refractivity contribution in [1.29, 1.82) is 0 Å². The highest BCUT2D eigenvalue weighted by Gasteiger charge is 2.44. The summed E-state index contributed by atoms with van der Waals surface area (Å²) in [6.45, 7) is 0.887. The smallest absolute Gasteiger partial charge is 0.337 e. The molecule has 23 heavy (non-hydrogen) atoms. The van der Waals surface area contributed by atoms with Crippen LogP contribution in [-0.2, 0) is 25.6 Å². The van der Waals surface area contributed by atoms with E-state index in [1.54, 1.807) is 0 Å². The number of rotatable bonds is 5. The molecule has 5 nitrogen and oxygen atoms in total. The molecule has 3 atom stereocenters. The summed E-state index contributed by atoms with van der Waals surface area (Å²) in [5, 5.41) is 0. The van der Waals surface area contributed by atoms with E-state index in [2.05, 4.69) is 6.08 Å². The first kappa shape index (κ1) is 15.8. The lowest BCUT2D eigenvalue weighted by Gasteiger charge is -2.34. The van der Waals surface area contributed by atoms with Crippen LogP contribution in [0.5, 0.6) is 0 Å². The lowest BCUT2D eigenvalue weighted by atomic mass is 9.83. The molecule has 0 saturated heterocycles. The molecule has 2 aliphatic rings. The van der Waals surface area contributed by atoms with E-state index in [4.69, 9.17) is 19.9 Å². The summed E-state index contributed by atoms with van der Waals surface area (Å²) in [6, 6.07) is 9.92. The monoisotopic (exact) mass is 315 g/mol. The number of nitrogens with two attached hydrogens (primary N) is 1. The minimum atomic E-state index is -0.439. The molecule has 0 aromatic heterocycles. The number of esters is 1. The number of fused-ring (bicyclic) bond motifs is 1. The minimum absolute atomic E-state index is 0.00974. The Morgan fingerprint density at radius 1 is 1.35 bits per heavy atom. The molecule has 1 heterocycles. The molecule has 0 unspecified atom stereocenters. The van der Waals surface area contributed by atoms with Gasteiger partial charge in [-0.3, -0.25) is 0 Å². The number of methoxy groups -OCH3 is 1. The average molecular weight is 315 g/mol. The van der Waals surface area contributed by atoms with Crippen molar-refractivity contribution in [3.05, 3.63) is 59.4 Å². The van der Waals surface area contributed by atoms with E-state index < -0.39 is 6.29 Å². The van der Waals surface area contributed by atoms with E-state index in [0.717, 1.165) is 17.6 Å². The summed E-state index contributed by atoms with van der Waals surface area (Å²) in [5.74, 6) is -0.383. The average Bonchev–Trinajstić information content (AvgIpc) is 3.04. The number of carbonyl (C=O) groups is 1. The molecule has 1 aromatic carbocycles. The summed E-state index contributed by atoms with van der Waals surface area (Å²) in [5.41, 5.74) is 8.55. The van der Waals surface area contributed by atoms with Crippen molar-refractivity contribution in [2.24, 2.45) is 17.6 Å². The molecule has 0 radical (unpaired) electrons. The van der Waals surface area contributed by atoms with Crippen molar-refractivity contribution in [3.8, 4) is 0 Å². The molecule has 1 aromatic rings. The van der Waals surface area contributed by atoms with E-state index in [1.165, 1.54) is 13.4 Å². The third kappa shape index (κ3) is 3.16. The van der Waals surface area contributed by atoms with Crippen LogP contribution >= 0.6 is 0 Å². The van der Waals surface area contributed by atoms with Gasteiger partial charge in [0.1, 0.15) is 0 Å². The fraction of sp³-hybridized carbons (Fsp3) is 0.389. The predicted molar refractivity (Wildman–Crippen MR) is 84.9 cm³/mol. The van der Waals surface area contributed by atoms with Crippen LogP contribution in [0.2, 0.25) is 0 Å². The van der Waals surface area contributed by atoms with Crippen LogP contribution in [0.1, 0.15) is 12.0 Å². The van der Waals surface area contributed by atoms with Crippen molar-refractivity contribution in [2.75, 3.05) is 13.7 Å². The van der Waals surface area contributed by atoms with Gasteiger partial charge in [-0.1, -0.05) is 42.0 Å². The van der Waals surface area contributed by atoms with Crippen LogP contribution in [0, 0.1) is 11.8 Å². The second kappa shape index (κ2) is 6.98. The fourth-order valence-electron chi connectivity index (χ4n) is 3.25. The Morgan fingerprint density at radius 3 is 2.83 bits per heavy atom. The molecule has 3 rings (SSSR count). The topological polar surface area (TPSA) is 70.8 Å². The van der Waals surface area contributed by atoms with Gasteiger partial charge in [-0.25, -0.2) is 4.79 Å². The number of allylic oxidation sites excluding steroid dienone is 1. The van der Waals surface area contributed by atoms with Gasteiger partial charge in [0.25, 0.3) is 0 Å². The Morgan fingerprint density at radius 2 is 2.13 bits per heavy atom. The standard InChI is InChI=1S/C18H21NO4/c1-21-17(20)15-11-23-18(16-13(9-19)7-8-14(15)16)22-10-12-5-3-2-4-6-12/h2-7,11,14,16,18H,8-10,19H2,1H3/t14-,16-,18-/m1/s1.